The van der Waals surface area contributed by atoms with E-state index in [9.17, 15) is 9.90 Å². The number of nitrogens with two attached hydrogens (primary N) is 1. The molecule has 1 atom stereocenters. The van der Waals surface area contributed by atoms with E-state index in [1.807, 2.05) is 0 Å². The molecule has 0 radical (unpaired) electrons. The van der Waals surface area contributed by atoms with Crippen molar-refractivity contribution in [3.63, 3.8) is 0 Å². The predicted octanol–water partition coefficient (Wildman–Crippen LogP) is 1.11. The highest BCUT2D eigenvalue weighted by Gasteiger charge is 2.14. The van der Waals surface area contributed by atoms with Crippen LogP contribution in [0.3, 0.4) is 0 Å². The predicted molar refractivity (Wildman–Crippen MR) is 55.1 cm³/mol. The van der Waals surface area contributed by atoms with Crippen LogP contribution in [0, 0.1) is 0 Å². The van der Waals surface area contributed by atoms with E-state index < -0.39 is 12.0 Å². The number of halogens is 1. The molecule has 1 aromatic carbocycles. The van der Waals surface area contributed by atoms with Crippen molar-refractivity contribution < 1.29 is 15.0 Å². The molecule has 0 unspecified atom stereocenters. The average molecular weight is 260 g/mol. The van der Waals surface area contributed by atoms with Crippen molar-refractivity contribution >= 4 is 21.9 Å². The van der Waals surface area contributed by atoms with Gasteiger partial charge in [0, 0.05) is 10.9 Å². The highest BCUT2D eigenvalue weighted by molar-refractivity contribution is 9.10. The molecule has 0 aliphatic rings. The second-order valence-corrected chi connectivity index (χ2v) is 3.84. The van der Waals surface area contributed by atoms with E-state index in [2.05, 4.69) is 15.9 Å². The summed E-state index contributed by atoms with van der Waals surface area (Å²) in [4.78, 5) is 10.5. The number of hydrogen-bond donors (Lipinski definition) is 3. The summed E-state index contributed by atoms with van der Waals surface area (Å²) < 4.78 is 0.739. The van der Waals surface area contributed by atoms with Gasteiger partial charge in [-0.15, -0.1) is 0 Å². The maximum atomic E-state index is 10.5. The van der Waals surface area contributed by atoms with E-state index in [4.69, 9.17) is 10.8 Å². The molecule has 1 rings (SSSR count). The molecule has 14 heavy (non-hydrogen) atoms. The minimum atomic E-state index is -1.08. The Balaban J connectivity index is 2.82. The zero-order chi connectivity index (χ0) is 10.7. The number of carbonyl (C=O) groups is 1. The zero-order valence-corrected chi connectivity index (χ0v) is 8.86. The molecule has 5 heteroatoms. The molecular weight excluding hydrogens is 250 g/mol. The SMILES string of the molecule is N[C@H](Cc1ccc(Br)cc1O)C(=O)O. The maximum absolute atomic E-state index is 10.5. The van der Waals surface area contributed by atoms with Crippen LogP contribution in [-0.4, -0.2) is 22.2 Å². The van der Waals surface area contributed by atoms with E-state index in [0.717, 1.165) is 4.47 Å². The summed E-state index contributed by atoms with van der Waals surface area (Å²) in [7, 11) is 0. The molecule has 4 N–H and O–H groups in total. The number of aromatic hydroxyl groups is 1. The van der Waals surface area contributed by atoms with Crippen LogP contribution in [0.2, 0.25) is 0 Å². The zero-order valence-electron chi connectivity index (χ0n) is 7.27. The van der Waals surface area contributed by atoms with Crippen LogP contribution in [-0.2, 0) is 11.2 Å². The van der Waals surface area contributed by atoms with Gasteiger partial charge in [-0.05, 0) is 17.7 Å². The molecule has 1 aromatic rings. The molecule has 76 valence electrons. The number of hydrogen-bond acceptors (Lipinski definition) is 3. The van der Waals surface area contributed by atoms with Crippen molar-refractivity contribution in [1.29, 1.82) is 0 Å². The van der Waals surface area contributed by atoms with E-state index >= 15 is 0 Å². The van der Waals surface area contributed by atoms with Gasteiger partial charge in [0.15, 0.2) is 0 Å². The Morgan fingerprint density at radius 2 is 2.21 bits per heavy atom. The lowest BCUT2D eigenvalue weighted by atomic mass is 10.1. The summed E-state index contributed by atoms with van der Waals surface area (Å²) in [6, 6.07) is 3.89. The van der Waals surface area contributed by atoms with Crippen LogP contribution in [0.1, 0.15) is 5.56 Å². The van der Waals surface area contributed by atoms with Gasteiger partial charge in [-0.2, -0.15) is 0 Å². The third-order valence-corrected chi connectivity index (χ3v) is 2.30. The second-order valence-electron chi connectivity index (χ2n) is 2.92. The molecule has 0 saturated heterocycles. The molecule has 0 aromatic heterocycles. The van der Waals surface area contributed by atoms with Crippen LogP contribution in [0.15, 0.2) is 22.7 Å². The van der Waals surface area contributed by atoms with Crippen LogP contribution in [0.25, 0.3) is 0 Å². The maximum Gasteiger partial charge on any atom is 0.320 e. The number of benzene rings is 1. The molecule has 0 fully saturated rings. The molecule has 0 aliphatic heterocycles. The highest BCUT2D eigenvalue weighted by atomic mass is 79.9. The summed E-state index contributed by atoms with van der Waals surface area (Å²) in [6.45, 7) is 0. The fraction of sp³-hybridized carbons (Fsp3) is 0.222. The third-order valence-electron chi connectivity index (χ3n) is 1.80. The fourth-order valence-electron chi connectivity index (χ4n) is 1.03. The van der Waals surface area contributed by atoms with Crippen LogP contribution < -0.4 is 5.73 Å². The number of carboxylic acid groups (broad SMARTS) is 1. The topological polar surface area (TPSA) is 83.5 Å². The molecule has 0 bridgehead atoms. The number of carboxylic acids is 1. The fourth-order valence-corrected chi connectivity index (χ4v) is 1.38. The van der Waals surface area contributed by atoms with Gasteiger partial charge < -0.3 is 15.9 Å². The third kappa shape index (κ3) is 2.71. The van der Waals surface area contributed by atoms with Gasteiger partial charge in [-0.25, -0.2) is 0 Å². The van der Waals surface area contributed by atoms with Crippen molar-refractivity contribution in [2.75, 3.05) is 0 Å². The Kier molecular flexibility index (Phi) is 3.49. The van der Waals surface area contributed by atoms with Crippen LogP contribution in [0.4, 0.5) is 0 Å². The van der Waals surface area contributed by atoms with Gasteiger partial charge in [0.05, 0.1) is 0 Å². The normalized spacial score (nSPS) is 12.4. The Hall–Kier alpha value is -1.07. The monoisotopic (exact) mass is 259 g/mol. The number of phenolic OH excluding ortho intramolecular Hbond substituents is 1. The van der Waals surface area contributed by atoms with Crippen molar-refractivity contribution in [2.45, 2.75) is 12.5 Å². The van der Waals surface area contributed by atoms with Crippen LogP contribution in [0.5, 0.6) is 5.75 Å². The molecule has 0 amide bonds. The molecule has 0 heterocycles. The molecule has 4 nitrogen and oxygen atoms in total. The average Bonchev–Trinajstić information content (AvgIpc) is 2.09. The summed E-state index contributed by atoms with van der Waals surface area (Å²) in [5.41, 5.74) is 5.86. The van der Waals surface area contributed by atoms with Crippen LogP contribution >= 0.6 is 15.9 Å². The summed E-state index contributed by atoms with van der Waals surface area (Å²) in [5, 5.41) is 18.0. The first kappa shape index (κ1) is 11.0. The lowest BCUT2D eigenvalue weighted by Gasteiger charge is -2.08. The Labute approximate surface area is 89.5 Å². The lowest BCUT2D eigenvalue weighted by molar-refractivity contribution is -0.138. The van der Waals surface area contributed by atoms with E-state index in [1.165, 1.54) is 6.07 Å². The molecule has 0 saturated carbocycles. The van der Waals surface area contributed by atoms with Gasteiger partial charge >= 0.3 is 5.97 Å². The minimum Gasteiger partial charge on any atom is -0.508 e. The quantitative estimate of drug-likeness (QED) is 0.760. The first-order valence-corrected chi connectivity index (χ1v) is 4.76. The Morgan fingerprint density at radius 3 is 2.71 bits per heavy atom. The van der Waals surface area contributed by atoms with Gasteiger partial charge in [-0.3, -0.25) is 4.79 Å². The molecule has 0 spiro atoms. The standard InChI is InChI=1S/C9H10BrNO3/c10-6-2-1-5(8(12)4-6)3-7(11)9(13)14/h1-2,4,7,12H,3,11H2,(H,13,14)/t7-/m1/s1. The van der Waals surface area contributed by atoms with Crippen molar-refractivity contribution in [3.05, 3.63) is 28.2 Å². The Morgan fingerprint density at radius 1 is 1.57 bits per heavy atom. The van der Waals surface area contributed by atoms with Crippen molar-refractivity contribution in [1.82, 2.24) is 0 Å². The summed E-state index contributed by atoms with van der Waals surface area (Å²) in [5.74, 6) is -1.02. The van der Waals surface area contributed by atoms with E-state index in [-0.39, 0.29) is 12.2 Å². The smallest absolute Gasteiger partial charge is 0.320 e. The van der Waals surface area contributed by atoms with E-state index in [1.54, 1.807) is 12.1 Å². The van der Waals surface area contributed by atoms with Gasteiger partial charge in [0.2, 0.25) is 0 Å². The Bertz CT molecular complexity index is 354. The first-order valence-electron chi connectivity index (χ1n) is 3.96. The number of phenols is 1. The second kappa shape index (κ2) is 4.43. The highest BCUT2D eigenvalue weighted by Crippen LogP contribution is 2.23. The molecule has 0 aliphatic carbocycles. The van der Waals surface area contributed by atoms with Gasteiger partial charge in [0.1, 0.15) is 11.8 Å². The lowest BCUT2D eigenvalue weighted by Crippen LogP contribution is -2.32. The van der Waals surface area contributed by atoms with E-state index in [0.29, 0.717) is 5.56 Å². The first-order chi connectivity index (χ1) is 6.50. The largest absolute Gasteiger partial charge is 0.508 e. The van der Waals surface area contributed by atoms with Crippen molar-refractivity contribution in [3.8, 4) is 5.75 Å². The number of rotatable bonds is 3. The van der Waals surface area contributed by atoms with Gasteiger partial charge in [-0.1, -0.05) is 22.0 Å². The number of aliphatic carboxylic acids is 1. The summed E-state index contributed by atoms with van der Waals surface area (Å²) in [6.07, 6.45) is 0.119. The summed E-state index contributed by atoms with van der Waals surface area (Å²) >= 11 is 3.18. The van der Waals surface area contributed by atoms with Gasteiger partial charge in [0.25, 0.3) is 0 Å². The van der Waals surface area contributed by atoms with Crippen molar-refractivity contribution in [2.24, 2.45) is 5.73 Å². The minimum absolute atomic E-state index is 0.0519. The molecular formula is C9H10BrNO3.